The Kier molecular flexibility index (Phi) is 2.38. The van der Waals surface area contributed by atoms with Crippen molar-refractivity contribution in [1.29, 1.82) is 0 Å². The number of carbonyl (C=O) groups is 1. The Morgan fingerprint density at radius 1 is 1.47 bits per heavy atom. The molecule has 0 amide bonds. The van der Waals surface area contributed by atoms with Gasteiger partial charge in [-0.05, 0) is 31.4 Å². The summed E-state index contributed by atoms with van der Waals surface area (Å²) in [5, 5.41) is 9.49. The molecule has 5 heteroatoms. The molecule has 1 aliphatic rings. The summed E-state index contributed by atoms with van der Waals surface area (Å²) in [7, 11) is 0. The van der Waals surface area contributed by atoms with E-state index in [2.05, 4.69) is 0 Å². The van der Waals surface area contributed by atoms with E-state index in [9.17, 15) is 9.59 Å². The van der Waals surface area contributed by atoms with Crippen LogP contribution in [-0.4, -0.2) is 15.6 Å². The minimum atomic E-state index is -1.21. The highest BCUT2D eigenvalue weighted by Gasteiger charge is 2.23. The Morgan fingerprint density at radius 2 is 2.21 bits per heavy atom. The number of hydrogen-bond acceptors (Lipinski definition) is 3. The van der Waals surface area contributed by atoms with Crippen molar-refractivity contribution in [3.8, 4) is 0 Å². The van der Waals surface area contributed by atoms with Crippen molar-refractivity contribution in [2.24, 2.45) is 0 Å². The zero-order valence-corrected chi connectivity index (χ0v) is 10.5. The van der Waals surface area contributed by atoms with Crippen molar-refractivity contribution in [3.05, 3.63) is 39.7 Å². The molecule has 19 heavy (non-hydrogen) atoms. The number of rotatable bonds is 1. The van der Waals surface area contributed by atoms with Gasteiger partial charge in [0.2, 0.25) is 5.43 Å². The number of nitrogen functional groups attached to an aromatic ring is 1. The molecular formula is C14H14N2O3. The first kappa shape index (κ1) is 11.8. The van der Waals surface area contributed by atoms with Crippen LogP contribution in [0.25, 0.3) is 10.9 Å². The number of aromatic carboxylic acids is 1. The van der Waals surface area contributed by atoms with Crippen molar-refractivity contribution in [3.63, 3.8) is 0 Å². The van der Waals surface area contributed by atoms with E-state index in [0.717, 1.165) is 23.9 Å². The lowest BCUT2D eigenvalue weighted by Crippen LogP contribution is -2.24. The normalized spacial score (nSPS) is 17.6. The lowest BCUT2D eigenvalue weighted by molar-refractivity contribution is 0.0694. The van der Waals surface area contributed by atoms with E-state index >= 15 is 0 Å². The highest BCUT2D eigenvalue weighted by molar-refractivity contribution is 5.98. The molecule has 0 saturated carbocycles. The molecule has 1 atom stereocenters. The maximum Gasteiger partial charge on any atom is 0.341 e. The van der Waals surface area contributed by atoms with E-state index in [-0.39, 0.29) is 11.6 Å². The van der Waals surface area contributed by atoms with Crippen molar-refractivity contribution in [1.82, 2.24) is 4.57 Å². The van der Waals surface area contributed by atoms with Crippen LogP contribution >= 0.6 is 0 Å². The van der Waals surface area contributed by atoms with Gasteiger partial charge in [-0.2, -0.15) is 0 Å². The van der Waals surface area contributed by atoms with Crippen LogP contribution in [-0.2, 0) is 6.42 Å². The van der Waals surface area contributed by atoms with Crippen LogP contribution in [0.3, 0.4) is 0 Å². The topological polar surface area (TPSA) is 85.3 Å². The summed E-state index contributed by atoms with van der Waals surface area (Å²) in [6, 6.07) is 3.76. The second kappa shape index (κ2) is 3.85. The first-order valence-corrected chi connectivity index (χ1v) is 6.20. The van der Waals surface area contributed by atoms with Crippen LogP contribution in [0.2, 0.25) is 0 Å². The summed E-state index contributed by atoms with van der Waals surface area (Å²) in [6.07, 6.45) is 3.25. The molecule has 3 N–H and O–H groups in total. The van der Waals surface area contributed by atoms with Crippen LogP contribution in [0.5, 0.6) is 0 Å². The number of nitrogens with zero attached hydrogens (tertiary/aromatic N) is 1. The lowest BCUT2D eigenvalue weighted by Gasteiger charge is -2.26. The summed E-state index contributed by atoms with van der Waals surface area (Å²) < 4.78 is 1.87. The Labute approximate surface area is 109 Å². The van der Waals surface area contributed by atoms with Crippen LogP contribution in [0, 0.1) is 0 Å². The number of nitrogens with two attached hydrogens (primary N) is 1. The number of anilines is 1. The van der Waals surface area contributed by atoms with Crippen LogP contribution in [0.1, 0.15) is 35.3 Å². The molecule has 0 saturated heterocycles. The van der Waals surface area contributed by atoms with E-state index in [4.69, 9.17) is 10.8 Å². The average Bonchev–Trinajstić information content (AvgIpc) is 2.36. The first-order chi connectivity index (χ1) is 9.00. The minimum Gasteiger partial charge on any atom is -0.477 e. The van der Waals surface area contributed by atoms with E-state index in [1.807, 2.05) is 17.6 Å². The summed E-state index contributed by atoms with van der Waals surface area (Å²) >= 11 is 0. The van der Waals surface area contributed by atoms with E-state index < -0.39 is 11.4 Å². The number of benzene rings is 1. The Bertz CT molecular complexity index is 761. The average molecular weight is 258 g/mol. The molecule has 2 heterocycles. The molecule has 1 aliphatic heterocycles. The monoisotopic (exact) mass is 258 g/mol. The number of aryl methyl sites for hydroxylation is 1. The molecule has 0 aliphatic carbocycles. The summed E-state index contributed by atoms with van der Waals surface area (Å²) in [4.78, 5) is 23.5. The van der Waals surface area contributed by atoms with Crippen LogP contribution < -0.4 is 11.2 Å². The quantitative estimate of drug-likeness (QED) is 0.763. The van der Waals surface area contributed by atoms with Crippen LogP contribution in [0.4, 0.5) is 5.69 Å². The van der Waals surface area contributed by atoms with Gasteiger partial charge < -0.3 is 15.4 Å². The fraction of sp³-hybridized carbons (Fsp3) is 0.286. The molecule has 0 bridgehead atoms. The van der Waals surface area contributed by atoms with Gasteiger partial charge in [0.1, 0.15) is 5.56 Å². The molecule has 0 fully saturated rings. The number of carboxylic acids is 1. The highest BCUT2D eigenvalue weighted by atomic mass is 16.4. The van der Waals surface area contributed by atoms with Gasteiger partial charge in [0.15, 0.2) is 0 Å². The van der Waals surface area contributed by atoms with Gasteiger partial charge in [0, 0.05) is 17.9 Å². The smallest absolute Gasteiger partial charge is 0.341 e. The SMILES string of the molecule is CC1CCc2ccc(N)c3c(=O)c(C(=O)O)cn1c23. The number of carboxylic acid groups (broad SMARTS) is 1. The third-order valence-corrected chi connectivity index (χ3v) is 3.83. The maximum absolute atomic E-state index is 12.3. The lowest BCUT2D eigenvalue weighted by atomic mass is 9.95. The molecule has 0 spiro atoms. The van der Waals surface area contributed by atoms with Gasteiger partial charge in [0.05, 0.1) is 10.9 Å². The number of aromatic nitrogens is 1. The molecule has 3 rings (SSSR count). The van der Waals surface area contributed by atoms with Gasteiger partial charge >= 0.3 is 5.97 Å². The zero-order valence-electron chi connectivity index (χ0n) is 10.5. The molecule has 2 aromatic rings. The summed E-state index contributed by atoms with van der Waals surface area (Å²) in [6.45, 7) is 2.02. The Hall–Kier alpha value is -2.30. The first-order valence-electron chi connectivity index (χ1n) is 6.20. The molecule has 1 aromatic heterocycles. The van der Waals surface area contributed by atoms with Crippen molar-refractivity contribution < 1.29 is 9.90 Å². The van der Waals surface area contributed by atoms with E-state index in [1.165, 1.54) is 6.20 Å². The molecule has 0 radical (unpaired) electrons. The summed E-state index contributed by atoms with van der Waals surface area (Å²) in [5.41, 5.74) is 7.35. The number of hydrogen-bond donors (Lipinski definition) is 2. The minimum absolute atomic E-state index is 0.162. The summed E-state index contributed by atoms with van der Waals surface area (Å²) in [5.74, 6) is -1.21. The van der Waals surface area contributed by atoms with Gasteiger partial charge in [-0.1, -0.05) is 6.07 Å². The van der Waals surface area contributed by atoms with E-state index in [0.29, 0.717) is 11.1 Å². The largest absolute Gasteiger partial charge is 0.477 e. The highest BCUT2D eigenvalue weighted by Crippen LogP contribution is 2.32. The molecule has 5 nitrogen and oxygen atoms in total. The Morgan fingerprint density at radius 3 is 2.89 bits per heavy atom. The second-order valence-electron chi connectivity index (χ2n) is 5.01. The predicted octanol–water partition coefficient (Wildman–Crippen LogP) is 1.79. The molecule has 1 unspecified atom stereocenters. The van der Waals surface area contributed by atoms with Crippen molar-refractivity contribution in [2.45, 2.75) is 25.8 Å². The molecule has 1 aromatic carbocycles. The second-order valence-corrected chi connectivity index (χ2v) is 5.01. The van der Waals surface area contributed by atoms with Gasteiger partial charge in [0.25, 0.3) is 0 Å². The predicted molar refractivity (Wildman–Crippen MR) is 72.6 cm³/mol. The van der Waals surface area contributed by atoms with Gasteiger partial charge in [-0.3, -0.25) is 4.79 Å². The van der Waals surface area contributed by atoms with E-state index in [1.54, 1.807) is 6.07 Å². The van der Waals surface area contributed by atoms with Crippen molar-refractivity contribution in [2.75, 3.05) is 5.73 Å². The van der Waals surface area contributed by atoms with Gasteiger partial charge in [-0.15, -0.1) is 0 Å². The fourth-order valence-corrected chi connectivity index (χ4v) is 2.79. The number of pyridine rings is 1. The maximum atomic E-state index is 12.3. The molecule has 98 valence electrons. The van der Waals surface area contributed by atoms with Crippen LogP contribution in [0.15, 0.2) is 23.1 Å². The zero-order chi connectivity index (χ0) is 13.7. The van der Waals surface area contributed by atoms with Gasteiger partial charge in [-0.25, -0.2) is 4.79 Å². The van der Waals surface area contributed by atoms with Crippen molar-refractivity contribution >= 4 is 22.6 Å². The standard InChI is InChI=1S/C14H14N2O3/c1-7-2-3-8-4-5-10(15)11-12(8)16(7)6-9(13(11)17)14(18)19/h4-7H,2-3,15H2,1H3,(H,18,19). The third kappa shape index (κ3) is 1.54. The Balaban J connectivity index is 2.57. The molecular weight excluding hydrogens is 244 g/mol. The third-order valence-electron chi connectivity index (χ3n) is 3.83. The fourth-order valence-electron chi connectivity index (χ4n) is 2.79.